The van der Waals surface area contributed by atoms with Gasteiger partial charge in [0.1, 0.15) is 0 Å². The van der Waals surface area contributed by atoms with Crippen molar-refractivity contribution in [3.63, 3.8) is 0 Å². The van der Waals surface area contributed by atoms with Crippen LogP contribution in [-0.4, -0.2) is 13.3 Å². The normalized spacial score (nSPS) is 11.3. The summed E-state index contributed by atoms with van der Waals surface area (Å²) >= 11 is 0. The summed E-state index contributed by atoms with van der Waals surface area (Å²) in [5.41, 5.74) is 2.37. The van der Waals surface area contributed by atoms with Crippen molar-refractivity contribution in [1.82, 2.24) is 0 Å². The predicted molar refractivity (Wildman–Crippen MR) is 89.2 cm³/mol. The minimum atomic E-state index is -3.91. The van der Waals surface area contributed by atoms with E-state index in [4.69, 9.17) is 0 Å². The second-order valence-electron chi connectivity index (χ2n) is 5.27. The average Bonchev–Trinajstić information content (AvgIpc) is 2.50. The monoisotopic (exact) mass is 334 g/mol. The van der Waals surface area contributed by atoms with Crippen LogP contribution in [0.5, 0.6) is 0 Å². The van der Waals surface area contributed by atoms with Gasteiger partial charge in [0.25, 0.3) is 15.7 Å². The van der Waals surface area contributed by atoms with Gasteiger partial charge in [-0.3, -0.25) is 14.8 Å². The maximum Gasteiger partial charge on any atom is 0.270 e. The van der Waals surface area contributed by atoms with Crippen LogP contribution in [0.2, 0.25) is 0 Å². The second-order valence-corrected chi connectivity index (χ2v) is 6.93. The van der Waals surface area contributed by atoms with Crippen molar-refractivity contribution in [2.75, 3.05) is 4.72 Å². The van der Waals surface area contributed by atoms with Gasteiger partial charge in [0.2, 0.25) is 0 Å². The lowest BCUT2D eigenvalue weighted by molar-refractivity contribution is -0.385. The third-order valence-electron chi connectivity index (χ3n) is 3.65. The number of non-ortho nitro benzene ring substituents is 1. The van der Waals surface area contributed by atoms with Crippen molar-refractivity contribution in [1.29, 1.82) is 0 Å². The highest BCUT2D eigenvalue weighted by Crippen LogP contribution is 2.27. The summed E-state index contributed by atoms with van der Waals surface area (Å²) in [5.74, 6) is 0. The number of nitrogens with zero attached hydrogens (tertiary/aromatic N) is 1. The summed E-state index contributed by atoms with van der Waals surface area (Å²) in [6, 6.07) is 9.36. The molecule has 0 aliphatic rings. The molecule has 23 heavy (non-hydrogen) atoms. The molecule has 0 aromatic heterocycles. The highest BCUT2D eigenvalue weighted by molar-refractivity contribution is 7.92. The summed E-state index contributed by atoms with van der Waals surface area (Å²) < 4.78 is 28.0. The van der Waals surface area contributed by atoms with E-state index in [1.54, 1.807) is 32.9 Å². The quantitative estimate of drug-likeness (QED) is 0.668. The molecule has 0 aliphatic heterocycles. The molecule has 0 bridgehead atoms. The van der Waals surface area contributed by atoms with Crippen LogP contribution in [0.25, 0.3) is 0 Å². The molecule has 2 aromatic carbocycles. The molecular formula is C16H18N2O4S. The fourth-order valence-corrected chi connectivity index (χ4v) is 3.90. The van der Waals surface area contributed by atoms with Crippen LogP contribution in [0.1, 0.15) is 23.6 Å². The van der Waals surface area contributed by atoms with Crippen molar-refractivity contribution in [2.45, 2.75) is 32.1 Å². The average molecular weight is 334 g/mol. The molecule has 0 atom stereocenters. The Morgan fingerprint density at radius 3 is 2.26 bits per heavy atom. The first-order valence-corrected chi connectivity index (χ1v) is 8.61. The second kappa shape index (κ2) is 6.37. The van der Waals surface area contributed by atoms with Gasteiger partial charge in [-0.05, 0) is 37.0 Å². The van der Waals surface area contributed by atoms with Gasteiger partial charge in [0.15, 0.2) is 0 Å². The van der Waals surface area contributed by atoms with Gasteiger partial charge in [-0.1, -0.05) is 31.2 Å². The number of rotatable bonds is 5. The molecule has 0 spiro atoms. The maximum absolute atomic E-state index is 12.7. The van der Waals surface area contributed by atoms with Crippen LogP contribution in [0.4, 0.5) is 11.4 Å². The standard InChI is InChI=1S/C16H18N2O4S/c1-4-13-8-9-14(18(19)20)10-15(13)23(21,22)17-16-11(2)6-5-7-12(16)3/h5-10,17H,4H2,1-3H3. The van der Waals surface area contributed by atoms with Crippen molar-refractivity contribution < 1.29 is 13.3 Å². The third-order valence-corrected chi connectivity index (χ3v) is 5.08. The number of anilines is 1. The van der Waals surface area contributed by atoms with Gasteiger partial charge in [0, 0.05) is 12.1 Å². The molecule has 0 unspecified atom stereocenters. The topological polar surface area (TPSA) is 89.3 Å². The maximum atomic E-state index is 12.7. The Hall–Kier alpha value is -2.41. The highest BCUT2D eigenvalue weighted by atomic mass is 32.2. The van der Waals surface area contributed by atoms with Crippen LogP contribution in [0.3, 0.4) is 0 Å². The summed E-state index contributed by atoms with van der Waals surface area (Å²) in [6.45, 7) is 5.41. The van der Waals surface area contributed by atoms with E-state index >= 15 is 0 Å². The fraction of sp³-hybridized carbons (Fsp3) is 0.250. The van der Waals surface area contributed by atoms with Crippen LogP contribution in [0, 0.1) is 24.0 Å². The van der Waals surface area contributed by atoms with Gasteiger partial charge >= 0.3 is 0 Å². The molecule has 0 heterocycles. The van der Waals surface area contributed by atoms with E-state index in [0.717, 1.165) is 17.2 Å². The minimum Gasteiger partial charge on any atom is -0.279 e. The lowest BCUT2D eigenvalue weighted by atomic mass is 10.1. The molecular weight excluding hydrogens is 316 g/mol. The Morgan fingerprint density at radius 2 is 1.74 bits per heavy atom. The van der Waals surface area contributed by atoms with E-state index in [9.17, 15) is 18.5 Å². The number of para-hydroxylation sites is 1. The van der Waals surface area contributed by atoms with E-state index < -0.39 is 14.9 Å². The lowest BCUT2D eigenvalue weighted by Gasteiger charge is -2.15. The number of nitro benzene ring substituents is 1. The summed E-state index contributed by atoms with van der Waals surface area (Å²) in [5, 5.41) is 10.9. The van der Waals surface area contributed by atoms with Gasteiger partial charge in [-0.2, -0.15) is 0 Å². The lowest BCUT2D eigenvalue weighted by Crippen LogP contribution is -2.16. The minimum absolute atomic E-state index is 0.0585. The molecule has 0 saturated carbocycles. The first-order valence-electron chi connectivity index (χ1n) is 7.12. The van der Waals surface area contributed by atoms with Crippen molar-refractivity contribution in [3.05, 3.63) is 63.2 Å². The smallest absolute Gasteiger partial charge is 0.270 e. The Labute approximate surface area is 135 Å². The van der Waals surface area contributed by atoms with Crippen LogP contribution >= 0.6 is 0 Å². The summed E-state index contributed by atoms with van der Waals surface area (Å²) in [7, 11) is -3.91. The van der Waals surface area contributed by atoms with Crippen molar-refractivity contribution in [3.8, 4) is 0 Å². The SMILES string of the molecule is CCc1ccc([N+](=O)[O-])cc1S(=O)(=O)Nc1c(C)cccc1C. The summed E-state index contributed by atoms with van der Waals surface area (Å²) in [6.07, 6.45) is 0.459. The number of hydrogen-bond acceptors (Lipinski definition) is 4. The van der Waals surface area contributed by atoms with E-state index in [1.165, 1.54) is 12.1 Å². The number of hydrogen-bond donors (Lipinski definition) is 1. The Kier molecular flexibility index (Phi) is 4.70. The number of sulfonamides is 1. The fourth-order valence-electron chi connectivity index (χ4n) is 2.36. The van der Waals surface area contributed by atoms with E-state index in [-0.39, 0.29) is 10.6 Å². The number of nitrogens with one attached hydrogen (secondary N) is 1. The highest BCUT2D eigenvalue weighted by Gasteiger charge is 2.22. The Bertz CT molecular complexity index is 840. The molecule has 0 saturated heterocycles. The Morgan fingerprint density at radius 1 is 1.13 bits per heavy atom. The van der Waals surface area contributed by atoms with Gasteiger partial charge in [-0.15, -0.1) is 0 Å². The Balaban J connectivity index is 2.55. The number of benzene rings is 2. The van der Waals surface area contributed by atoms with Crippen LogP contribution in [-0.2, 0) is 16.4 Å². The molecule has 0 amide bonds. The number of nitro groups is 1. The molecule has 122 valence electrons. The zero-order valence-electron chi connectivity index (χ0n) is 13.2. The van der Waals surface area contributed by atoms with Gasteiger partial charge in [-0.25, -0.2) is 8.42 Å². The molecule has 0 fully saturated rings. The van der Waals surface area contributed by atoms with Crippen molar-refractivity contribution >= 4 is 21.4 Å². The van der Waals surface area contributed by atoms with E-state index in [0.29, 0.717) is 17.7 Å². The first-order chi connectivity index (χ1) is 10.8. The molecule has 0 radical (unpaired) electrons. The predicted octanol–water partition coefficient (Wildman–Crippen LogP) is 3.57. The zero-order chi connectivity index (χ0) is 17.2. The molecule has 6 nitrogen and oxygen atoms in total. The van der Waals surface area contributed by atoms with Gasteiger partial charge < -0.3 is 0 Å². The largest absolute Gasteiger partial charge is 0.279 e. The third kappa shape index (κ3) is 3.50. The van der Waals surface area contributed by atoms with E-state index in [1.807, 2.05) is 6.07 Å². The zero-order valence-corrected chi connectivity index (χ0v) is 14.0. The molecule has 2 rings (SSSR count). The number of aryl methyl sites for hydroxylation is 3. The molecule has 2 aromatic rings. The van der Waals surface area contributed by atoms with Crippen LogP contribution < -0.4 is 4.72 Å². The first kappa shape index (κ1) is 17.0. The van der Waals surface area contributed by atoms with E-state index in [2.05, 4.69) is 4.72 Å². The molecule has 7 heteroatoms. The molecule has 0 aliphatic carbocycles. The van der Waals surface area contributed by atoms with Crippen molar-refractivity contribution in [2.24, 2.45) is 0 Å². The molecule has 1 N–H and O–H groups in total. The van der Waals surface area contributed by atoms with Crippen LogP contribution in [0.15, 0.2) is 41.3 Å². The summed E-state index contributed by atoms with van der Waals surface area (Å²) in [4.78, 5) is 10.3. The van der Waals surface area contributed by atoms with Gasteiger partial charge in [0.05, 0.1) is 15.5 Å².